The molecule has 0 aromatic heterocycles. The van der Waals surface area contributed by atoms with Gasteiger partial charge in [0.05, 0.1) is 6.10 Å². The SMILES string of the molecule is CCC(Oc1ccccc1)C(=O)N1CCCC(O)C1. The average Bonchev–Trinajstić information content (AvgIpc) is 2.45. The molecular weight excluding hydrogens is 242 g/mol. The first-order chi connectivity index (χ1) is 9.20. The first kappa shape index (κ1) is 13.9. The Morgan fingerprint density at radius 3 is 2.84 bits per heavy atom. The summed E-state index contributed by atoms with van der Waals surface area (Å²) in [5, 5.41) is 9.64. The van der Waals surface area contributed by atoms with Gasteiger partial charge in [-0.3, -0.25) is 4.79 Å². The molecule has 1 aliphatic rings. The molecule has 104 valence electrons. The molecule has 1 saturated heterocycles. The van der Waals surface area contributed by atoms with Crippen molar-refractivity contribution in [2.45, 2.75) is 38.4 Å². The van der Waals surface area contributed by atoms with Crippen molar-refractivity contribution >= 4 is 5.91 Å². The lowest BCUT2D eigenvalue weighted by Gasteiger charge is -2.32. The van der Waals surface area contributed by atoms with Gasteiger partial charge < -0.3 is 14.7 Å². The Bertz CT molecular complexity index is 407. The number of benzene rings is 1. The van der Waals surface area contributed by atoms with Gasteiger partial charge in [-0.05, 0) is 31.4 Å². The molecule has 2 atom stereocenters. The summed E-state index contributed by atoms with van der Waals surface area (Å²) in [6, 6.07) is 9.38. The number of β-amino-alcohol motifs (C(OH)–C–C–N with tert-alkyl or cyclic N) is 1. The standard InChI is InChI=1S/C15H21NO3/c1-2-14(19-13-8-4-3-5-9-13)15(18)16-10-6-7-12(17)11-16/h3-5,8-9,12,14,17H,2,6-7,10-11H2,1H3. The molecule has 0 aliphatic carbocycles. The topological polar surface area (TPSA) is 49.8 Å². The van der Waals surface area contributed by atoms with Crippen molar-refractivity contribution in [1.29, 1.82) is 0 Å². The van der Waals surface area contributed by atoms with Gasteiger partial charge >= 0.3 is 0 Å². The minimum absolute atomic E-state index is 0.0231. The molecule has 4 heteroatoms. The lowest BCUT2D eigenvalue weighted by Crippen LogP contribution is -2.48. The van der Waals surface area contributed by atoms with Gasteiger partial charge in [0.25, 0.3) is 5.91 Å². The van der Waals surface area contributed by atoms with Gasteiger partial charge in [-0.1, -0.05) is 25.1 Å². The van der Waals surface area contributed by atoms with Crippen molar-refractivity contribution in [2.75, 3.05) is 13.1 Å². The Morgan fingerprint density at radius 1 is 1.47 bits per heavy atom. The highest BCUT2D eigenvalue weighted by molar-refractivity contribution is 5.81. The van der Waals surface area contributed by atoms with Crippen molar-refractivity contribution in [1.82, 2.24) is 4.90 Å². The molecule has 2 rings (SSSR count). The number of hydrogen-bond acceptors (Lipinski definition) is 3. The quantitative estimate of drug-likeness (QED) is 0.901. The zero-order valence-corrected chi connectivity index (χ0v) is 11.3. The van der Waals surface area contributed by atoms with Crippen LogP contribution < -0.4 is 4.74 Å². The molecule has 0 radical (unpaired) electrons. The van der Waals surface area contributed by atoms with E-state index in [0.29, 0.717) is 25.3 Å². The van der Waals surface area contributed by atoms with Gasteiger partial charge in [-0.25, -0.2) is 0 Å². The van der Waals surface area contributed by atoms with Crippen molar-refractivity contribution < 1.29 is 14.6 Å². The molecule has 19 heavy (non-hydrogen) atoms. The summed E-state index contributed by atoms with van der Waals surface area (Å²) < 4.78 is 5.74. The Morgan fingerprint density at radius 2 is 2.21 bits per heavy atom. The predicted molar refractivity (Wildman–Crippen MR) is 73.0 cm³/mol. The van der Waals surface area contributed by atoms with Crippen molar-refractivity contribution in [3.05, 3.63) is 30.3 Å². The van der Waals surface area contributed by atoms with Gasteiger partial charge in [0.2, 0.25) is 0 Å². The summed E-state index contributed by atoms with van der Waals surface area (Å²) >= 11 is 0. The number of hydrogen-bond donors (Lipinski definition) is 1. The number of carbonyl (C=O) groups is 1. The van der Waals surface area contributed by atoms with E-state index in [1.54, 1.807) is 4.90 Å². The monoisotopic (exact) mass is 263 g/mol. The van der Waals surface area contributed by atoms with Gasteiger partial charge in [0.1, 0.15) is 5.75 Å². The summed E-state index contributed by atoms with van der Waals surface area (Å²) in [6.45, 7) is 3.07. The molecule has 0 saturated carbocycles. The summed E-state index contributed by atoms with van der Waals surface area (Å²) in [6.07, 6.45) is 1.40. The van der Waals surface area contributed by atoms with Crippen molar-refractivity contribution in [2.24, 2.45) is 0 Å². The highest BCUT2D eigenvalue weighted by Crippen LogP contribution is 2.17. The van der Waals surface area contributed by atoms with E-state index in [0.717, 1.165) is 12.8 Å². The van der Waals surface area contributed by atoms with Crippen LogP contribution in [-0.2, 0) is 4.79 Å². The Kier molecular flexibility index (Phi) is 4.80. The molecule has 4 nitrogen and oxygen atoms in total. The summed E-state index contributed by atoms with van der Waals surface area (Å²) in [7, 11) is 0. The third-order valence-electron chi connectivity index (χ3n) is 3.38. The molecule has 2 unspecified atom stereocenters. The fourth-order valence-corrected chi connectivity index (χ4v) is 2.33. The van der Waals surface area contributed by atoms with Gasteiger partial charge in [0, 0.05) is 13.1 Å². The zero-order valence-electron chi connectivity index (χ0n) is 11.3. The number of aliphatic hydroxyl groups is 1. The molecule has 1 heterocycles. The van der Waals surface area contributed by atoms with Gasteiger partial charge in [-0.2, -0.15) is 0 Å². The number of piperidine rings is 1. The van der Waals surface area contributed by atoms with Crippen LogP contribution >= 0.6 is 0 Å². The molecule has 1 aromatic rings. The van der Waals surface area contributed by atoms with E-state index in [4.69, 9.17) is 4.74 Å². The maximum Gasteiger partial charge on any atom is 0.263 e. The second kappa shape index (κ2) is 6.57. The smallest absolute Gasteiger partial charge is 0.263 e. The normalized spacial score (nSPS) is 20.9. The fraction of sp³-hybridized carbons (Fsp3) is 0.533. The van der Waals surface area contributed by atoms with Crippen LogP contribution in [0.2, 0.25) is 0 Å². The van der Waals surface area contributed by atoms with Crippen LogP contribution in [0.5, 0.6) is 5.75 Å². The van der Waals surface area contributed by atoms with Crippen LogP contribution in [0.3, 0.4) is 0 Å². The summed E-state index contributed by atoms with van der Waals surface area (Å²) in [5.41, 5.74) is 0. The molecular formula is C15H21NO3. The Balaban J connectivity index is 1.98. The number of likely N-dealkylation sites (tertiary alicyclic amines) is 1. The zero-order chi connectivity index (χ0) is 13.7. The highest BCUT2D eigenvalue weighted by Gasteiger charge is 2.28. The summed E-state index contributed by atoms with van der Waals surface area (Å²) in [5.74, 6) is 0.686. The number of aliphatic hydroxyl groups excluding tert-OH is 1. The van der Waals surface area contributed by atoms with E-state index in [2.05, 4.69) is 0 Å². The molecule has 1 fully saturated rings. The number of ether oxygens (including phenoxy) is 1. The van der Waals surface area contributed by atoms with E-state index >= 15 is 0 Å². The van der Waals surface area contributed by atoms with Crippen LogP contribution in [0.15, 0.2) is 30.3 Å². The van der Waals surface area contributed by atoms with Gasteiger partial charge in [-0.15, -0.1) is 0 Å². The van der Waals surface area contributed by atoms with E-state index in [1.807, 2.05) is 37.3 Å². The fourth-order valence-electron chi connectivity index (χ4n) is 2.33. The van der Waals surface area contributed by atoms with Crippen LogP contribution in [0.4, 0.5) is 0 Å². The molecule has 1 N–H and O–H groups in total. The number of rotatable bonds is 4. The number of para-hydroxylation sites is 1. The van der Waals surface area contributed by atoms with E-state index in [1.165, 1.54) is 0 Å². The van der Waals surface area contributed by atoms with Crippen LogP contribution in [-0.4, -0.2) is 41.2 Å². The minimum Gasteiger partial charge on any atom is -0.481 e. The maximum absolute atomic E-state index is 12.4. The van der Waals surface area contributed by atoms with E-state index < -0.39 is 12.2 Å². The first-order valence-electron chi connectivity index (χ1n) is 6.89. The van der Waals surface area contributed by atoms with Crippen LogP contribution in [0.1, 0.15) is 26.2 Å². The molecule has 1 amide bonds. The number of carbonyl (C=O) groups excluding carboxylic acids is 1. The molecule has 0 bridgehead atoms. The first-order valence-corrected chi connectivity index (χ1v) is 6.89. The highest BCUT2D eigenvalue weighted by atomic mass is 16.5. The van der Waals surface area contributed by atoms with E-state index in [-0.39, 0.29) is 5.91 Å². The third-order valence-corrected chi connectivity index (χ3v) is 3.38. The van der Waals surface area contributed by atoms with E-state index in [9.17, 15) is 9.90 Å². The molecule has 0 spiro atoms. The number of amides is 1. The minimum atomic E-state index is -0.465. The predicted octanol–water partition coefficient (Wildman–Crippen LogP) is 1.83. The molecule has 1 aromatic carbocycles. The second-order valence-corrected chi connectivity index (χ2v) is 4.91. The largest absolute Gasteiger partial charge is 0.481 e. The third kappa shape index (κ3) is 3.70. The second-order valence-electron chi connectivity index (χ2n) is 4.91. The lowest BCUT2D eigenvalue weighted by atomic mass is 10.1. The van der Waals surface area contributed by atoms with Crippen LogP contribution in [0.25, 0.3) is 0 Å². The summed E-state index contributed by atoms with van der Waals surface area (Å²) in [4.78, 5) is 14.1. The van der Waals surface area contributed by atoms with Crippen molar-refractivity contribution in [3.63, 3.8) is 0 Å². The van der Waals surface area contributed by atoms with Crippen LogP contribution in [0, 0.1) is 0 Å². The molecule has 1 aliphatic heterocycles. The Hall–Kier alpha value is -1.55. The maximum atomic E-state index is 12.4. The Labute approximate surface area is 114 Å². The number of nitrogens with zero attached hydrogens (tertiary/aromatic N) is 1. The average molecular weight is 263 g/mol. The lowest BCUT2D eigenvalue weighted by molar-refractivity contribution is -0.141. The van der Waals surface area contributed by atoms with Gasteiger partial charge in [0.15, 0.2) is 6.10 Å². The van der Waals surface area contributed by atoms with Crippen molar-refractivity contribution in [3.8, 4) is 5.75 Å².